The fourth-order valence-corrected chi connectivity index (χ4v) is 2.69. The van der Waals surface area contributed by atoms with E-state index < -0.39 is 12.0 Å². The third-order valence-electron chi connectivity index (χ3n) is 3.98. The number of hydrogen-bond acceptors (Lipinski definition) is 5. The highest BCUT2D eigenvalue weighted by atomic mass is 16.5. The van der Waals surface area contributed by atoms with Gasteiger partial charge in [0.1, 0.15) is 6.04 Å². The molecular formula is C20H18N4O2. The van der Waals surface area contributed by atoms with Crippen molar-refractivity contribution >= 4 is 5.97 Å². The van der Waals surface area contributed by atoms with Gasteiger partial charge < -0.3 is 4.74 Å². The van der Waals surface area contributed by atoms with E-state index in [1.807, 2.05) is 36.5 Å². The molecule has 6 nitrogen and oxygen atoms in total. The van der Waals surface area contributed by atoms with E-state index in [9.17, 15) is 4.79 Å². The van der Waals surface area contributed by atoms with Gasteiger partial charge in [-0.15, -0.1) is 0 Å². The molecule has 0 radical (unpaired) electrons. The molecule has 0 saturated carbocycles. The van der Waals surface area contributed by atoms with E-state index in [1.54, 1.807) is 35.1 Å². The lowest BCUT2D eigenvalue weighted by Gasteiger charge is -2.17. The van der Waals surface area contributed by atoms with E-state index in [2.05, 4.69) is 16.5 Å². The fraction of sp³-hybridized carbons (Fsp3) is 0.150. The maximum Gasteiger partial charge on any atom is 0.327 e. The van der Waals surface area contributed by atoms with Crippen molar-refractivity contribution in [1.82, 2.24) is 15.1 Å². The summed E-state index contributed by atoms with van der Waals surface area (Å²) in [5.74, 6) is -0.400. The Hall–Kier alpha value is -3.43. The van der Waals surface area contributed by atoms with Crippen LogP contribution >= 0.6 is 0 Å². The zero-order chi connectivity index (χ0) is 18.4. The SMILES string of the molecule is COC(=O)C(NCc1cccc(-n2cccn2)c1)c1cccc(C#N)c1. The first kappa shape index (κ1) is 17.4. The van der Waals surface area contributed by atoms with Crippen molar-refractivity contribution in [3.63, 3.8) is 0 Å². The van der Waals surface area contributed by atoms with Gasteiger partial charge in [-0.25, -0.2) is 9.48 Å². The third-order valence-corrected chi connectivity index (χ3v) is 3.98. The Morgan fingerprint density at radius 3 is 2.85 bits per heavy atom. The molecule has 1 N–H and O–H groups in total. The van der Waals surface area contributed by atoms with Gasteiger partial charge in [-0.3, -0.25) is 5.32 Å². The lowest BCUT2D eigenvalue weighted by Crippen LogP contribution is -2.29. The summed E-state index contributed by atoms with van der Waals surface area (Å²) < 4.78 is 6.69. The number of nitrogens with one attached hydrogen (secondary N) is 1. The standard InChI is InChI=1S/C20H18N4O2/c1-26-20(25)19(17-7-2-5-15(11-17)13-21)22-14-16-6-3-8-18(12-16)24-10-4-9-23-24/h2-12,19,22H,14H2,1H3. The minimum Gasteiger partial charge on any atom is -0.468 e. The van der Waals surface area contributed by atoms with E-state index in [-0.39, 0.29) is 0 Å². The van der Waals surface area contributed by atoms with E-state index in [0.717, 1.165) is 11.3 Å². The van der Waals surface area contributed by atoms with Crippen LogP contribution in [0.1, 0.15) is 22.7 Å². The summed E-state index contributed by atoms with van der Waals surface area (Å²) >= 11 is 0. The van der Waals surface area contributed by atoms with E-state index in [1.165, 1.54) is 7.11 Å². The number of nitrogens with zero attached hydrogens (tertiary/aromatic N) is 3. The summed E-state index contributed by atoms with van der Waals surface area (Å²) in [5.41, 5.74) is 3.14. The number of benzene rings is 2. The van der Waals surface area contributed by atoms with Crippen molar-refractivity contribution in [3.05, 3.63) is 83.7 Å². The van der Waals surface area contributed by atoms with E-state index >= 15 is 0 Å². The topological polar surface area (TPSA) is 79.9 Å². The normalized spacial score (nSPS) is 11.5. The van der Waals surface area contributed by atoms with Crippen LogP contribution in [0, 0.1) is 11.3 Å². The number of nitriles is 1. The van der Waals surface area contributed by atoms with Crippen LogP contribution in [-0.2, 0) is 16.1 Å². The Kier molecular flexibility index (Phi) is 5.42. The number of ether oxygens (including phenoxy) is 1. The zero-order valence-corrected chi connectivity index (χ0v) is 14.3. The minimum atomic E-state index is -0.651. The number of rotatable bonds is 6. The predicted molar refractivity (Wildman–Crippen MR) is 96.3 cm³/mol. The van der Waals surface area contributed by atoms with Crippen molar-refractivity contribution in [3.8, 4) is 11.8 Å². The molecule has 3 rings (SSSR count). The highest BCUT2D eigenvalue weighted by Crippen LogP contribution is 2.18. The monoisotopic (exact) mass is 346 g/mol. The molecule has 1 aromatic heterocycles. The molecule has 6 heteroatoms. The van der Waals surface area contributed by atoms with Crippen LogP contribution in [0.15, 0.2) is 67.0 Å². The summed E-state index contributed by atoms with van der Waals surface area (Å²) in [7, 11) is 1.35. The summed E-state index contributed by atoms with van der Waals surface area (Å²) in [5, 5.41) is 16.5. The minimum absolute atomic E-state index is 0.400. The predicted octanol–water partition coefficient (Wildman–Crippen LogP) is 2.75. The van der Waals surface area contributed by atoms with Gasteiger partial charge in [-0.2, -0.15) is 10.4 Å². The fourth-order valence-electron chi connectivity index (χ4n) is 2.69. The van der Waals surface area contributed by atoms with E-state index in [4.69, 9.17) is 10.00 Å². The van der Waals surface area contributed by atoms with Gasteiger partial charge in [0.15, 0.2) is 0 Å². The van der Waals surface area contributed by atoms with Gasteiger partial charge in [0.2, 0.25) is 0 Å². The Bertz CT molecular complexity index is 929. The van der Waals surface area contributed by atoms with Crippen LogP contribution in [0.2, 0.25) is 0 Å². The van der Waals surface area contributed by atoms with Crippen molar-refractivity contribution in [2.75, 3.05) is 7.11 Å². The van der Waals surface area contributed by atoms with Crippen LogP contribution < -0.4 is 5.32 Å². The van der Waals surface area contributed by atoms with Gasteiger partial charge in [-0.05, 0) is 41.5 Å². The van der Waals surface area contributed by atoms with E-state index in [0.29, 0.717) is 17.7 Å². The van der Waals surface area contributed by atoms with Crippen LogP contribution in [0.4, 0.5) is 0 Å². The number of carbonyl (C=O) groups is 1. The van der Waals surface area contributed by atoms with Crippen LogP contribution in [-0.4, -0.2) is 22.9 Å². The Morgan fingerprint density at radius 2 is 2.12 bits per heavy atom. The second-order valence-electron chi connectivity index (χ2n) is 5.69. The van der Waals surface area contributed by atoms with Gasteiger partial charge in [0, 0.05) is 18.9 Å². The summed E-state index contributed by atoms with van der Waals surface area (Å²) in [4.78, 5) is 12.2. The largest absolute Gasteiger partial charge is 0.468 e. The van der Waals surface area contributed by atoms with Gasteiger partial charge in [0.25, 0.3) is 0 Å². The molecule has 0 aliphatic carbocycles. The summed E-state index contributed by atoms with van der Waals surface area (Å²) in [6.07, 6.45) is 3.59. The molecule has 3 aromatic rings. The average molecular weight is 346 g/mol. The Balaban J connectivity index is 1.79. The van der Waals surface area contributed by atoms with Crippen LogP contribution in [0.25, 0.3) is 5.69 Å². The molecule has 1 atom stereocenters. The summed E-state index contributed by atoms with van der Waals surface area (Å²) in [6.45, 7) is 0.464. The van der Waals surface area contributed by atoms with Gasteiger partial charge in [-0.1, -0.05) is 24.3 Å². The quantitative estimate of drug-likeness (QED) is 0.694. The smallest absolute Gasteiger partial charge is 0.327 e. The molecule has 26 heavy (non-hydrogen) atoms. The molecule has 0 spiro atoms. The van der Waals surface area contributed by atoms with Crippen molar-refractivity contribution < 1.29 is 9.53 Å². The Morgan fingerprint density at radius 1 is 1.27 bits per heavy atom. The molecule has 0 fully saturated rings. The van der Waals surface area contributed by atoms with Crippen molar-refractivity contribution in [2.45, 2.75) is 12.6 Å². The highest BCUT2D eigenvalue weighted by Gasteiger charge is 2.21. The summed E-state index contributed by atoms with van der Waals surface area (Å²) in [6, 6.07) is 18.1. The molecule has 0 aliphatic rings. The third kappa shape index (κ3) is 3.97. The highest BCUT2D eigenvalue weighted by molar-refractivity contribution is 5.77. The molecule has 1 heterocycles. The number of esters is 1. The number of methoxy groups -OCH3 is 1. The second kappa shape index (κ2) is 8.10. The molecule has 0 bridgehead atoms. The maximum atomic E-state index is 12.2. The van der Waals surface area contributed by atoms with Gasteiger partial charge in [0.05, 0.1) is 24.4 Å². The number of carbonyl (C=O) groups excluding carboxylic acids is 1. The first-order valence-electron chi connectivity index (χ1n) is 8.11. The lowest BCUT2D eigenvalue weighted by molar-refractivity contribution is -0.143. The van der Waals surface area contributed by atoms with Crippen LogP contribution in [0.3, 0.4) is 0 Å². The van der Waals surface area contributed by atoms with Gasteiger partial charge >= 0.3 is 5.97 Å². The molecule has 2 aromatic carbocycles. The number of aromatic nitrogens is 2. The lowest BCUT2D eigenvalue weighted by atomic mass is 10.0. The maximum absolute atomic E-state index is 12.2. The first-order chi connectivity index (χ1) is 12.7. The molecule has 0 saturated heterocycles. The van der Waals surface area contributed by atoms with Crippen molar-refractivity contribution in [2.24, 2.45) is 0 Å². The molecule has 0 amide bonds. The molecule has 1 unspecified atom stereocenters. The number of hydrogen-bond donors (Lipinski definition) is 1. The molecule has 130 valence electrons. The second-order valence-corrected chi connectivity index (χ2v) is 5.69. The molecule has 0 aliphatic heterocycles. The Labute approximate surface area is 151 Å². The average Bonchev–Trinajstić information content (AvgIpc) is 3.23. The van der Waals surface area contributed by atoms with Crippen molar-refractivity contribution in [1.29, 1.82) is 5.26 Å². The first-order valence-corrected chi connectivity index (χ1v) is 8.11. The molecular weight excluding hydrogens is 328 g/mol. The van der Waals surface area contributed by atoms with Crippen LogP contribution in [0.5, 0.6) is 0 Å². The zero-order valence-electron chi connectivity index (χ0n) is 14.3.